The van der Waals surface area contributed by atoms with Crippen molar-refractivity contribution in [1.82, 2.24) is 4.90 Å². The van der Waals surface area contributed by atoms with Gasteiger partial charge in [0.1, 0.15) is 0 Å². The van der Waals surface area contributed by atoms with Crippen molar-refractivity contribution in [3.05, 3.63) is 29.8 Å². The van der Waals surface area contributed by atoms with Crippen molar-refractivity contribution in [2.24, 2.45) is 10.9 Å². The fourth-order valence-corrected chi connectivity index (χ4v) is 3.04. The minimum Gasteiger partial charge on any atom is -0.409 e. The summed E-state index contributed by atoms with van der Waals surface area (Å²) in [5.74, 6) is -0.128. The van der Waals surface area contributed by atoms with Crippen LogP contribution in [0.1, 0.15) is 5.56 Å². The number of ether oxygens (including phenoxy) is 1. The van der Waals surface area contributed by atoms with Crippen molar-refractivity contribution in [2.75, 3.05) is 39.6 Å². The zero-order valence-corrected chi connectivity index (χ0v) is 13.0. The van der Waals surface area contributed by atoms with E-state index in [1.807, 2.05) is 11.9 Å². The number of benzene rings is 1. The predicted molar refractivity (Wildman–Crippen MR) is 80.4 cm³/mol. The van der Waals surface area contributed by atoms with E-state index in [4.69, 9.17) is 15.7 Å². The smallest absolute Gasteiger partial charge is 0.179 e. The highest BCUT2D eigenvalue weighted by molar-refractivity contribution is 7.91. The van der Waals surface area contributed by atoms with E-state index in [9.17, 15) is 8.42 Å². The monoisotopic (exact) mass is 315 g/mol. The molecule has 0 saturated heterocycles. The van der Waals surface area contributed by atoms with Crippen LogP contribution in [0, 0.1) is 0 Å². The third-order valence-electron chi connectivity index (χ3n) is 3.02. The molecule has 0 fully saturated rings. The average molecular weight is 315 g/mol. The van der Waals surface area contributed by atoms with Gasteiger partial charge in [0.2, 0.25) is 0 Å². The van der Waals surface area contributed by atoms with Crippen molar-refractivity contribution in [1.29, 1.82) is 0 Å². The summed E-state index contributed by atoms with van der Waals surface area (Å²) in [5.41, 5.74) is 5.83. The normalized spacial score (nSPS) is 12.8. The van der Waals surface area contributed by atoms with E-state index in [0.29, 0.717) is 25.3 Å². The second-order valence-electron chi connectivity index (χ2n) is 4.63. The molecule has 3 N–H and O–H groups in total. The molecule has 1 aromatic rings. The molecule has 0 radical (unpaired) electrons. The van der Waals surface area contributed by atoms with E-state index in [-0.39, 0.29) is 16.5 Å². The largest absolute Gasteiger partial charge is 0.409 e. The molecule has 0 aliphatic rings. The first-order valence-corrected chi connectivity index (χ1v) is 8.04. The number of rotatable bonds is 8. The summed E-state index contributed by atoms with van der Waals surface area (Å²) in [4.78, 5) is 2.04. The fourth-order valence-electron chi connectivity index (χ4n) is 1.66. The Labute approximate surface area is 124 Å². The number of hydrogen-bond acceptors (Lipinski definition) is 6. The van der Waals surface area contributed by atoms with E-state index >= 15 is 0 Å². The quantitative estimate of drug-likeness (QED) is 0.306. The number of sulfone groups is 1. The van der Waals surface area contributed by atoms with Crippen molar-refractivity contribution in [2.45, 2.75) is 4.90 Å². The highest BCUT2D eigenvalue weighted by Crippen LogP contribution is 2.13. The molecule has 1 aromatic carbocycles. The molecule has 0 aromatic heterocycles. The van der Waals surface area contributed by atoms with Crippen LogP contribution in [-0.2, 0) is 14.6 Å². The lowest BCUT2D eigenvalue weighted by molar-refractivity contribution is 0.164. The van der Waals surface area contributed by atoms with Gasteiger partial charge in [0.25, 0.3) is 0 Å². The molecule has 0 aliphatic carbocycles. The van der Waals surface area contributed by atoms with E-state index in [2.05, 4.69) is 5.16 Å². The molecule has 0 bridgehead atoms. The maximum Gasteiger partial charge on any atom is 0.179 e. The fraction of sp³-hybridized carbons (Fsp3) is 0.462. The molecular weight excluding hydrogens is 294 g/mol. The van der Waals surface area contributed by atoms with Gasteiger partial charge in [-0.25, -0.2) is 8.42 Å². The second kappa shape index (κ2) is 7.96. The van der Waals surface area contributed by atoms with Crippen LogP contribution in [0.2, 0.25) is 0 Å². The summed E-state index contributed by atoms with van der Waals surface area (Å²) < 4.78 is 29.5. The van der Waals surface area contributed by atoms with Gasteiger partial charge in [0.15, 0.2) is 15.7 Å². The maximum absolute atomic E-state index is 12.3. The Kier molecular flexibility index (Phi) is 6.60. The summed E-state index contributed by atoms with van der Waals surface area (Å²) in [6.07, 6.45) is 0. The summed E-state index contributed by atoms with van der Waals surface area (Å²) in [6, 6.07) is 6.05. The minimum absolute atomic E-state index is 0.00710. The van der Waals surface area contributed by atoms with Crippen LogP contribution < -0.4 is 5.73 Å². The number of methoxy groups -OCH3 is 1. The van der Waals surface area contributed by atoms with E-state index in [1.54, 1.807) is 19.2 Å². The van der Waals surface area contributed by atoms with Gasteiger partial charge in [-0.15, -0.1) is 0 Å². The molecule has 21 heavy (non-hydrogen) atoms. The first-order chi connectivity index (χ1) is 9.90. The molecule has 7 nitrogen and oxygen atoms in total. The number of likely N-dealkylation sites (N-methyl/N-ethyl adjacent to an activating group) is 1. The van der Waals surface area contributed by atoms with Gasteiger partial charge in [-0.1, -0.05) is 17.3 Å². The van der Waals surface area contributed by atoms with Crippen LogP contribution in [0.3, 0.4) is 0 Å². The summed E-state index contributed by atoms with van der Waals surface area (Å²) in [7, 11) is 0.0158. The van der Waals surface area contributed by atoms with Gasteiger partial charge in [-0.2, -0.15) is 0 Å². The molecule has 8 heteroatoms. The van der Waals surface area contributed by atoms with E-state index in [1.165, 1.54) is 12.1 Å². The number of nitrogens with two attached hydrogens (primary N) is 1. The minimum atomic E-state index is -3.42. The van der Waals surface area contributed by atoms with Gasteiger partial charge in [0.05, 0.1) is 17.3 Å². The second-order valence-corrected chi connectivity index (χ2v) is 6.74. The van der Waals surface area contributed by atoms with Gasteiger partial charge in [-0.3, -0.25) is 0 Å². The first kappa shape index (κ1) is 17.4. The van der Waals surface area contributed by atoms with E-state index < -0.39 is 9.84 Å². The number of oxime groups is 1. The molecule has 0 saturated carbocycles. The third kappa shape index (κ3) is 5.33. The van der Waals surface area contributed by atoms with Crippen LogP contribution in [-0.4, -0.2) is 64.0 Å². The van der Waals surface area contributed by atoms with Crippen LogP contribution in [0.25, 0.3) is 0 Å². The molecule has 0 heterocycles. The Bertz CT molecular complexity index is 587. The van der Waals surface area contributed by atoms with E-state index in [0.717, 1.165) is 0 Å². The molecule has 0 atom stereocenters. The van der Waals surface area contributed by atoms with Crippen LogP contribution in [0.5, 0.6) is 0 Å². The van der Waals surface area contributed by atoms with Crippen LogP contribution >= 0.6 is 0 Å². The van der Waals surface area contributed by atoms with Gasteiger partial charge < -0.3 is 20.6 Å². The Hall–Kier alpha value is -1.64. The lowest BCUT2D eigenvalue weighted by Crippen LogP contribution is -2.28. The topological polar surface area (TPSA) is 105 Å². The van der Waals surface area contributed by atoms with Crippen molar-refractivity contribution in [3.63, 3.8) is 0 Å². The zero-order valence-electron chi connectivity index (χ0n) is 12.2. The Morgan fingerprint density at radius 3 is 2.76 bits per heavy atom. The zero-order chi connectivity index (χ0) is 15.9. The van der Waals surface area contributed by atoms with Gasteiger partial charge in [-0.05, 0) is 19.2 Å². The lowest BCUT2D eigenvalue weighted by Gasteiger charge is -2.16. The maximum atomic E-state index is 12.3. The molecule has 0 unspecified atom stereocenters. The third-order valence-corrected chi connectivity index (χ3v) is 4.71. The molecule has 0 aliphatic heterocycles. The Morgan fingerprint density at radius 2 is 2.14 bits per heavy atom. The van der Waals surface area contributed by atoms with Crippen LogP contribution in [0.15, 0.2) is 34.3 Å². The number of amidine groups is 1. The molecule has 0 amide bonds. The average Bonchev–Trinajstić information content (AvgIpc) is 2.50. The summed E-state index contributed by atoms with van der Waals surface area (Å²) in [5, 5.41) is 11.5. The van der Waals surface area contributed by atoms with Crippen molar-refractivity contribution in [3.8, 4) is 0 Å². The van der Waals surface area contributed by atoms with Crippen molar-refractivity contribution < 1.29 is 18.4 Å². The number of hydrogen-bond donors (Lipinski definition) is 2. The Morgan fingerprint density at radius 1 is 1.43 bits per heavy atom. The summed E-state index contributed by atoms with van der Waals surface area (Å²) >= 11 is 0. The standard InChI is InChI=1S/C13H21N3O4S/c1-16(6-8-20-2)7-9-21(18,19)12-5-3-4-11(10-12)13(14)15-17/h3-5,10,17H,6-9H2,1-2H3,(H2,14,15). The van der Waals surface area contributed by atoms with Gasteiger partial charge in [0, 0.05) is 25.8 Å². The first-order valence-electron chi connectivity index (χ1n) is 6.39. The predicted octanol–water partition coefficient (Wildman–Crippen LogP) is 0.133. The Balaban J connectivity index is 2.79. The highest BCUT2D eigenvalue weighted by atomic mass is 32.2. The summed E-state index contributed by atoms with van der Waals surface area (Å²) in [6.45, 7) is 1.62. The molecule has 118 valence electrons. The number of nitrogens with zero attached hydrogens (tertiary/aromatic N) is 2. The van der Waals surface area contributed by atoms with Gasteiger partial charge >= 0.3 is 0 Å². The van der Waals surface area contributed by atoms with Crippen molar-refractivity contribution >= 4 is 15.7 Å². The van der Waals surface area contributed by atoms with Crippen LogP contribution in [0.4, 0.5) is 0 Å². The molecular formula is C13H21N3O4S. The molecule has 1 rings (SSSR count). The SMILES string of the molecule is COCCN(C)CCS(=O)(=O)c1cccc(/C(N)=N/O)c1. The molecule has 0 spiro atoms. The lowest BCUT2D eigenvalue weighted by atomic mass is 10.2. The highest BCUT2D eigenvalue weighted by Gasteiger charge is 2.16.